The van der Waals surface area contributed by atoms with Crippen LogP contribution < -0.4 is 5.32 Å². The number of urea groups is 1. The van der Waals surface area contributed by atoms with Gasteiger partial charge in [-0.15, -0.1) is 0 Å². The smallest absolute Gasteiger partial charge is 0.317 e. The summed E-state index contributed by atoms with van der Waals surface area (Å²) in [5, 5.41) is 7.22. The van der Waals surface area contributed by atoms with E-state index in [-0.39, 0.29) is 17.4 Å². The van der Waals surface area contributed by atoms with Gasteiger partial charge in [0, 0.05) is 58.0 Å². The maximum absolute atomic E-state index is 12.5. The van der Waals surface area contributed by atoms with Gasteiger partial charge in [-0.2, -0.15) is 5.10 Å². The van der Waals surface area contributed by atoms with Gasteiger partial charge in [0.05, 0.1) is 6.20 Å². The number of hydrogen-bond acceptors (Lipinski definition) is 3. The summed E-state index contributed by atoms with van der Waals surface area (Å²) in [6.45, 7) is 4.90. The lowest BCUT2D eigenvalue weighted by Crippen LogP contribution is -2.47. The lowest BCUT2D eigenvalue weighted by molar-refractivity contribution is -0.129. The van der Waals surface area contributed by atoms with E-state index in [4.69, 9.17) is 0 Å². The number of likely N-dealkylation sites (tertiary alicyclic amines) is 2. The summed E-state index contributed by atoms with van der Waals surface area (Å²) in [6, 6.07) is -0.0000746. The first-order chi connectivity index (χ1) is 11.9. The van der Waals surface area contributed by atoms with Crippen molar-refractivity contribution in [1.29, 1.82) is 0 Å². The van der Waals surface area contributed by atoms with Crippen LogP contribution in [0, 0.1) is 12.3 Å². The second-order valence-corrected chi connectivity index (χ2v) is 7.59. The van der Waals surface area contributed by atoms with Crippen LogP contribution in [0.15, 0.2) is 6.20 Å². The van der Waals surface area contributed by atoms with Crippen LogP contribution in [0.2, 0.25) is 0 Å². The normalized spacial score (nSPS) is 20.7. The number of hydrogen-bond donors (Lipinski definition) is 1. The largest absolute Gasteiger partial charge is 0.346 e. The standard InChI is InChI=1S/C18H29N5O2/c1-14-15(13-20-22(14)3)12-19-17(25)23-10-7-18(8-11-23)5-4-16(24)21(2)9-6-18/h13H,4-12H2,1-3H3,(H,19,25). The fourth-order valence-corrected chi connectivity index (χ4v) is 3.90. The highest BCUT2D eigenvalue weighted by molar-refractivity contribution is 5.76. The van der Waals surface area contributed by atoms with E-state index in [0.717, 1.165) is 56.6 Å². The molecule has 2 fully saturated rings. The molecule has 2 saturated heterocycles. The van der Waals surface area contributed by atoms with Gasteiger partial charge >= 0.3 is 6.03 Å². The summed E-state index contributed by atoms with van der Waals surface area (Å²) < 4.78 is 1.82. The monoisotopic (exact) mass is 347 g/mol. The van der Waals surface area contributed by atoms with Crippen LogP contribution in [0.3, 0.4) is 0 Å². The van der Waals surface area contributed by atoms with E-state index in [0.29, 0.717) is 13.0 Å². The van der Waals surface area contributed by atoms with Crippen LogP contribution in [0.5, 0.6) is 0 Å². The number of piperidine rings is 1. The van der Waals surface area contributed by atoms with Crippen molar-refractivity contribution in [3.63, 3.8) is 0 Å². The van der Waals surface area contributed by atoms with Crippen molar-refractivity contribution in [3.8, 4) is 0 Å². The molecule has 3 rings (SSSR count). The SMILES string of the molecule is Cc1c(CNC(=O)N2CCC3(CCC(=O)N(C)CC3)CC2)cnn1C. The molecule has 0 saturated carbocycles. The molecule has 1 aromatic rings. The summed E-state index contributed by atoms with van der Waals surface area (Å²) in [7, 11) is 3.80. The summed E-state index contributed by atoms with van der Waals surface area (Å²) in [5.41, 5.74) is 2.36. The van der Waals surface area contributed by atoms with Crippen LogP contribution in [0.4, 0.5) is 4.79 Å². The molecule has 2 aliphatic heterocycles. The zero-order chi connectivity index (χ0) is 18.0. The molecule has 25 heavy (non-hydrogen) atoms. The van der Waals surface area contributed by atoms with Gasteiger partial charge in [-0.3, -0.25) is 9.48 Å². The fraction of sp³-hybridized carbons (Fsp3) is 0.722. The molecule has 1 N–H and O–H groups in total. The van der Waals surface area contributed by atoms with E-state index in [9.17, 15) is 9.59 Å². The Morgan fingerprint density at radius 1 is 1.20 bits per heavy atom. The molecule has 2 aliphatic rings. The number of aryl methyl sites for hydroxylation is 1. The van der Waals surface area contributed by atoms with Gasteiger partial charge in [0.25, 0.3) is 0 Å². The molecule has 7 heteroatoms. The Labute approximate surface area is 149 Å². The molecule has 1 aromatic heterocycles. The molecule has 3 amide bonds. The van der Waals surface area contributed by atoms with Crippen molar-refractivity contribution in [2.75, 3.05) is 26.7 Å². The molecule has 138 valence electrons. The quantitative estimate of drug-likeness (QED) is 0.884. The Balaban J connectivity index is 1.50. The fourth-order valence-electron chi connectivity index (χ4n) is 3.90. The highest BCUT2D eigenvalue weighted by atomic mass is 16.2. The number of carbonyl (C=O) groups is 2. The van der Waals surface area contributed by atoms with Crippen molar-refractivity contribution in [3.05, 3.63) is 17.5 Å². The Morgan fingerprint density at radius 3 is 2.52 bits per heavy atom. The molecular weight excluding hydrogens is 318 g/mol. The van der Waals surface area contributed by atoms with E-state index < -0.39 is 0 Å². The van der Waals surface area contributed by atoms with Gasteiger partial charge in [-0.05, 0) is 38.0 Å². The molecular formula is C18H29N5O2. The molecule has 0 bridgehead atoms. The van der Waals surface area contributed by atoms with Crippen molar-refractivity contribution < 1.29 is 9.59 Å². The average Bonchev–Trinajstić information content (AvgIpc) is 2.87. The van der Waals surface area contributed by atoms with Crippen molar-refractivity contribution >= 4 is 11.9 Å². The zero-order valence-electron chi connectivity index (χ0n) is 15.5. The van der Waals surface area contributed by atoms with Gasteiger partial charge in [-0.1, -0.05) is 0 Å². The summed E-state index contributed by atoms with van der Waals surface area (Å²) >= 11 is 0. The number of carbonyl (C=O) groups excluding carboxylic acids is 2. The minimum Gasteiger partial charge on any atom is -0.346 e. The highest BCUT2D eigenvalue weighted by Gasteiger charge is 2.38. The lowest BCUT2D eigenvalue weighted by atomic mass is 9.73. The molecule has 0 unspecified atom stereocenters. The molecule has 0 aliphatic carbocycles. The van der Waals surface area contributed by atoms with Gasteiger partial charge in [0.2, 0.25) is 5.91 Å². The first-order valence-electron chi connectivity index (χ1n) is 9.14. The minimum absolute atomic E-state index is 0.0000746. The molecule has 1 spiro atoms. The predicted octanol–water partition coefficient (Wildman–Crippen LogP) is 1.66. The Bertz CT molecular complexity index is 646. The van der Waals surface area contributed by atoms with Crippen molar-refractivity contribution in [1.82, 2.24) is 24.9 Å². The summed E-state index contributed by atoms with van der Waals surface area (Å²) in [5.74, 6) is 0.254. The van der Waals surface area contributed by atoms with Crippen LogP contribution >= 0.6 is 0 Å². The first kappa shape index (κ1) is 17.8. The van der Waals surface area contributed by atoms with E-state index >= 15 is 0 Å². The number of nitrogens with one attached hydrogen (secondary N) is 1. The van der Waals surface area contributed by atoms with Crippen LogP contribution in [-0.2, 0) is 18.4 Å². The van der Waals surface area contributed by atoms with Gasteiger partial charge < -0.3 is 15.1 Å². The van der Waals surface area contributed by atoms with E-state index in [1.165, 1.54) is 0 Å². The number of nitrogens with zero attached hydrogens (tertiary/aromatic N) is 4. The lowest BCUT2D eigenvalue weighted by Gasteiger charge is -2.41. The van der Waals surface area contributed by atoms with Crippen molar-refractivity contribution in [2.45, 2.75) is 45.6 Å². The van der Waals surface area contributed by atoms with Crippen LogP contribution in [0.1, 0.15) is 43.4 Å². The second-order valence-electron chi connectivity index (χ2n) is 7.59. The van der Waals surface area contributed by atoms with Gasteiger partial charge in [0.1, 0.15) is 0 Å². The zero-order valence-corrected chi connectivity index (χ0v) is 15.5. The number of aromatic nitrogens is 2. The molecule has 0 atom stereocenters. The second kappa shape index (κ2) is 7.06. The highest BCUT2D eigenvalue weighted by Crippen LogP contribution is 2.41. The Hall–Kier alpha value is -2.05. The Kier molecular flexibility index (Phi) is 5.01. The topological polar surface area (TPSA) is 70.5 Å². The maximum atomic E-state index is 12.5. The van der Waals surface area contributed by atoms with Crippen molar-refractivity contribution in [2.24, 2.45) is 12.5 Å². The van der Waals surface area contributed by atoms with Gasteiger partial charge in [-0.25, -0.2) is 4.79 Å². The summed E-state index contributed by atoms with van der Waals surface area (Å²) in [6.07, 6.45) is 6.45. The van der Waals surface area contributed by atoms with Crippen LogP contribution in [0.25, 0.3) is 0 Å². The third-order valence-electron chi connectivity index (χ3n) is 6.15. The minimum atomic E-state index is -0.0000746. The third-order valence-corrected chi connectivity index (χ3v) is 6.15. The maximum Gasteiger partial charge on any atom is 0.317 e. The third kappa shape index (κ3) is 3.80. The van der Waals surface area contributed by atoms with Crippen LogP contribution in [-0.4, -0.2) is 58.2 Å². The summed E-state index contributed by atoms with van der Waals surface area (Å²) in [4.78, 5) is 28.1. The average molecular weight is 347 g/mol. The number of amides is 3. The van der Waals surface area contributed by atoms with E-state index in [1.54, 1.807) is 6.20 Å². The molecule has 0 radical (unpaired) electrons. The van der Waals surface area contributed by atoms with E-state index in [2.05, 4.69) is 10.4 Å². The number of rotatable bonds is 2. The molecule has 3 heterocycles. The Morgan fingerprint density at radius 2 is 1.88 bits per heavy atom. The molecule has 7 nitrogen and oxygen atoms in total. The van der Waals surface area contributed by atoms with Gasteiger partial charge in [0.15, 0.2) is 0 Å². The van der Waals surface area contributed by atoms with E-state index in [1.807, 2.05) is 35.5 Å². The molecule has 0 aromatic carbocycles. The first-order valence-corrected chi connectivity index (χ1v) is 9.14. The predicted molar refractivity (Wildman–Crippen MR) is 94.9 cm³/mol.